The first-order valence-electron chi connectivity index (χ1n) is 10.0. The maximum absolute atomic E-state index is 12.7. The molecule has 1 aliphatic rings. The highest BCUT2D eigenvalue weighted by Gasteiger charge is 2.27. The normalized spacial score (nSPS) is 13.5. The lowest BCUT2D eigenvalue weighted by Crippen LogP contribution is -2.40. The fourth-order valence-electron chi connectivity index (χ4n) is 3.68. The summed E-state index contributed by atoms with van der Waals surface area (Å²) in [4.78, 5) is 22.2. The first-order chi connectivity index (χ1) is 14.8. The molecule has 0 spiro atoms. The van der Waals surface area contributed by atoms with Gasteiger partial charge >= 0.3 is 11.9 Å². The van der Waals surface area contributed by atoms with Crippen molar-refractivity contribution in [2.75, 3.05) is 5.32 Å². The molecule has 0 atom stereocenters. The van der Waals surface area contributed by atoms with Gasteiger partial charge in [-0.05, 0) is 76.3 Å². The summed E-state index contributed by atoms with van der Waals surface area (Å²) in [6.45, 7) is 6.83. The Kier molecular flexibility index (Phi) is 6.21. The number of hydrogen-bond acceptors (Lipinski definition) is 6. The van der Waals surface area contributed by atoms with Crippen molar-refractivity contribution in [3.05, 3.63) is 41.0 Å². The van der Waals surface area contributed by atoms with Crippen LogP contribution in [0.15, 0.2) is 29.2 Å². The average molecular weight is 463 g/mol. The van der Waals surface area contributed by atoms with Gasteiger partial charge < -0.3 is 20.3 Å². The second-order valence-corrected chi connectivity index (χ2v) is 10.4. The van der Waals surface area contributed by atoms with Crippen LogP contribution in [0, 0.1) is 6.92 Å². The summed E-state index contributed by atoms with van der Waals surface area (Å²) in [7, 11) is -4.00. The number of ether oxygens (including phenoxy) is 1. The highest BCUT2D eigenvalue weighted by atomic mass is 32.2. The molecule has 172 valence electrons. The van der Waals surface area contributed by atoms with Crippen molar-refractivity contribution in [3.63, 3.8) is 0 Å². The number of rotatable bonds is 5. The van der Waals surface area contributed by atoms with Gasteiger partial charge in [0, 0.05) is 22.9 Å². The highest BCUT2D eigenvalue weighted by molar-refractivity contribution is 7.89. The standard InChI is InChI=1S/C22H26N2O7S/c1-12-10-16(23-20(26)21(27)28)14-6-5-7-15(14)19(12)31-13-8-9-17(25)18(11-13)32(29,30)24-22(2,3)4/h8-11,24-25H,5-7H2,1-4H3,(H,23,26)(H,27,28). The van der Waals surface area contributed by atoms with Crippen LogP contribution in [0.3, 0.4) is 0 Å². The van der Waals surface area contributed by atoms with E-state index in [0.717, 1.165) is 17.5 Å². The number of aromatic hydroxyl groups is 1. The summed E-state index contributed by atoms with van der Waals surface area (Å²) in [5.41, 5.74) is 1.96. The average Bonchev–Trinajstić information content (AvgIpc) is 3.14. The highest BCUT2D eigenvalue weighted by Crippen LogP contribution is 2.41. The Hall–Kier alpha value is -3.11. The van der Waals surface area contributed by atoms with Gasteiger partial charge in [0.15, 0.2) is 0 Å². The Bertz CT molecular complexity index is 1200. The fraction of sp³-hybridized carbons (Fsp3) is 0.364. The van der Waals surface area contributed by atoms with Crippen LogP contribution in [0.2, 0.25) is 0 Å². The summed E-state index contributed by atoms with van der Waals surface area (Å²) >= 11 is 0. The number of anilines is 1. The number of carboxylic acid groups (broad SMARTS) is 1. The third kappa shape index (κ3) is 5.03. The zero-order chi connectivity index (χ0) is 23.8. The van der Waals surface area contributed by atoms with Gasteiger partial charge in [0.25, 0.3) is 0 Å². The Balaban J connectivity index is 1.99. The quantitative estimate of drug-likeness (QED) is 0.500. The molecule has 1 amide bonds. The molecule has 4 N–H and O–H groups in total. The lowest BCUT2D eigenvalue weighted by atomic mass is 10.0. The van der Waals surface area contributed by atoms with Gasteiger partial charge in [-0.25, -0.2) is 17.9 Å². The number of carboxylic acids is 1. The Morgan fingerprint density at radius 2 is 1.75 bits per heavy atom. The minimum Gasteiger partial charge on any atom is -0.507 e. The van der Waals surface area contributed by atoms with Crippen molar-refractivity contribution in [1.29, 1.82) is 0 Å². The van der Waals surface area contributed by atoms with Crippen molar-refractivity contribution < 1.29 is 33.0 Å². The molecule has 0 saturated heterocycles. The second kappa shape index (κ2) is 8.44. The molecule has 0 unspecified atom stereocenters. The lowest BCUT2D eigenvalue weighted by molar-refractivity contribution is -0.147. The Labute approximate surface area is 186 Å². The molecular formula is C22H26N2O7S. The van der Waals surface area contributed by atoms with Crippen LogP contribution in [0.1, 0.15) is 43.9 Å². The van der Waals surface area contributed by atoms with E-state index in [1.54, 1.807) is 33.8 Å². The summed E-state index contributed by atoms with van der Waals surface area (Å²) in [5.74, 6) is -2.36. The molecule has 2 aromatic rings. The number of benzene rings is 2. The van der Waals surface area contributed by atoms with Crippen LogP contribution in [0.4, 0.5) is 5.69 Å². The number of carbonyl (C=O) groups is 2. The molecule has 0 saturated carbocycles. The first kappa shape index (κ1) is 23.6. The van der Waals surface area contributed by atoms with E-state index in [-0.39, 0.29) is 10.6 Å². The van der Waals surface area contributed by atoms with E-state index in [1.165, 1.54) is 18.2 Å². The first-order valence-corrected chi connectivity index (χ1v) is 11.5. The molecule has 9 nitrogen and oxygen atoms in total. The number of hydrogen-bond donors (Lipinski definition) is 4. The van der Waals surface area contributed by atoms with E-state index < -0.39 is 33.2 Å². The molecule has 0 radical (unpaired) electrons. The van der Waals surface area contributed by atoms with Crippen LogP contribution in [0.5, 0.6) is 17.2 Å². The smallest absolute Gasteiger partial charge is 0.394 e. The molecule has 0 aromatic heterocycles. The maximum atomic E-state index is 12.7. The molecule has 32 heavy (non-hydrogen) atoms. The van der Waals surface area contributed by atoms with Crippen molar-refractivity contribution in [1.82, 2.24) is 4.72 Å². The van der Waals surface area contributed by atoms with E-state index in [4.69, 9.17) is 9.84 Å². The van der Waals surface area contributed by atoms with Gasteiger partial charge in [0.2, 0.25) is 10.0 Å². The third-order valence-corrected chi connectivity index (χ3v) is 6.65. The van der Waals surface area contributed by atoms with E-state index >= 15 is 0 Å². The number of nitrogens with one attached hydrogen (secondary N) is 2. The number of sulfonamides is 1. The molecule has 10 heteroatoms. The second-order valence-electron chi connectivity index (χ2n) is 8.73. The van der Waals surface area contributed by atoms with E-state index in [2.05, 4.69) is 10.0 Å². The third-order valence-electron chi connectivity index (χ3n) is 4.86. The van der Waals surface area contributed by atoms with Crippen LogP contribution in [-0.2, 0) is 32.5 Å². The number of phenolic OH excluding ortho intramolecular Hbond substituents is 1. The Morgan fingerprint density at radius 1 is 1.09 bits per heavy atom. The number of phenols is 1. The largest absolute Gasteiger partial charge is 0.507 e. The maximum Gasteiger partial charge on any atom is 0.394 e. The van der Waals surface area contributed by atoms with Crippen molar-refractivity contribution >= 4 is 27.6 Å². The minimum atomic E-state index is -4.00. The topological polar surface area (TPSA) is 142 Å². The molecule has 1 aliphatic carbocycles. The van der Waals surface area contributed by atoms with E-state index in [9.17, 15) is 23.1 Å². The van der Waals surface area contributed by atoms with Gasteiger partial charge in [-0.3, -0.25) is 4.79 Å². The number of carbonyl (C=O) groups excluding carboxylic acids is 1. The van der Waals surface area contributed by atoms with E-state index in [1.807, 2.05) is 0 Å². The van der Waals surface area contributed by atoms with Gasteiger partial charge in [0.1, 0.15) is 22.1 Å². The number of aryl methyl sites for hydroxylation is 1. The van der Waals surface area contributed by atoms with Gasteiger partial charge in [-0.1, -0.05) is 0 Å². The van der Waals surface area contributed by atoms with Gasteiger partial charge in [-0.15, -0.1) is 0 Å². The lowest BCUT2D eigenvalue weighted by Gasteiger charge is -2.21. The molecular weight excluding hydrogens is 436 g/mol. The number of amides is 1. The molecule has 0 bridgehead atoms. The van der Waals surface area contributed by atoms with Crippen molar-refractivity contribution in [2.24, 2.45) is 0 Å². The zero-order valence-corrected chi connectivity index (χ0v) is 19.1. The van der Waals surface area contributed by atoms with E-state index in [0.29, 0.717) is 29.8 Å². The van der Waals surface area contributed by atoms with Gasteiger partial charge in [-0.2, -0.15) is 0 Å². The SMILES string of the molecule is Cc1cc(NC(=O)C(=O)O)c2c(c1Oc1ccc(O)c(S(=O)(=O)NC(C)(C)C)c1)CCC2. The predicted octanol–water partition coefficient (Wildman–Crippen LogP) is 3.08. The van der Waals surface area contributed by atoms with Crippen LogP contribution in [0.25, 0.3) is 0 Å². The number of aliphatic carboxylic acids is 1. The van der Waals surface area contributed by atoms with Crippen LogP contribution < -0.4 is 14.8 Å². The molecule has 0 heterocycles. The number of fused-ring (bicyclic) bond motifs is 1. The zero-order valence-electron chi connectivity index (χ0n) is 18.3. The molecule has 0 fully saturated rings. The summed E-state index contributed by atoms with van der Waals surface area (Å²) in [6, 6.07) is 5.61. The predicted molar refractivity (Wildman–Crippen MR) is 118 cm³/mol. The van der Waals surface area contributed by atoms with Gasteiger partial charge in [0.05, 0.1) is 0 Å². The van der Waals surface area contributed by atoms with Crippen LogP contribution in [-0.4, -0.2) is 36.0 Å². The molecule has 3 rings (SSSR count). The van der Waals surface area contributed by atoms with Crippen molar-refractivity contribution in [3.8, 4) is 17.2 Å². The Morgan fingerprint density at radius 3 is 2.38 bits per heavy atom. The molecule has 0 aliphatic heterocycles. The fourth-order valence-corrected chi connectivity index (χ4v) is 5.21. The minimum absolute atomic E-state index is 0.219. The summed E-state index contributed by atoms with van der Waals surface area (Å²) in [6.07, 6.45) is 2.11. The monoisotopic (exact) mass is 462 g/mol. The van der Waals surface area contributed by atoms with Crippen LogP contribution >= 0.6 is 0 Å². The summed E-state index contributed by atoms with van der Waals surface area (Å²) < 4.78 is 34.0. The van der Waals surface area contributed by atoms with Crippen molar-refractivity contribution in [2.45, 2.75) is 57.4 Å². The summed E-state index contributed by atoms with van der Waals surface area (Å²) in [5, 5.41) is 21.4. The molecule has 2 aromatic carbocycles.